The zero-order valence-electron chi connectivity index (χ0n) is 13.6. The molecule has 1 aromatic heterocycles. The molecule has 0 aromatic carbocycles. The van der Waals surface area contributed by atoms with Gasteiger partial charge in [-0.25, -0.2) is 0 Å². The fourth-order valence-corrected chi connectivity index (χ4v) is 3.48. The number of nitrogens with one attached hydrogen (secondary N) is 1. The maximum atomic E-state index is 12.4. The van der Waals surface area contributed by atoms with Crippen molar-refractivity contribution in [2.75, 3.05) is 11.6 Å². The minimum absolute atomic E-state index is 0.00668. The van der Waals surface area contributed by atoms with E-state index in [1.54, 1.807) is 27.5 Å². The number of carbonyl (C=O) groups is 2. The standard InChI is InChI=1S/C15H24N4O2S/c1-11-7-16-18(8-11)6-5-13(20)19-10-22-9-12(19)14(21)17-15(2,3)4/h7-8,12H,5-6,9-10H2,1-4H3,(H,17,21)/t12-/m0/s1. The molecule has 2 rings (SSSR count). The van der Waals surface area contributed by atoms with Gasteiger partial charge in [-0.3, -0.25) is 14.3 Å². The van der Waals surface area contributed by atoms with Crippen LogP contribution in [-0.4, -0.2) is 49.7 Å². The summed E-state index contributed by atoms with van der Waals surface area (Å²) in [5.74, 6) is 1.18. The highest BCUT2D eigenvalue weighted by atomic mass is 32.2. The van der Waals surface area contributed by atoms with E-state index in [-0.39, 0.29) is 23.4 Å². The number of carbonyl (C=O) groups excluding carboxylic acids is 2. The van der Waals surface area contributed by atoms with Crippen molar-refractivity contribution in [1.82, 2.24) is 20.0 Å². The Bertz CT molecular complexity index is 550. The van der Waals surface area contributed by atoms with Crippen molar-refractivity contribution >= 4 is 23.6 Å². The molecule has 7 heteroatoms. The molecule has 122 valence electrons. The lowest BCUT2D eigenvalue weighted by Crippen LogP contribution is -2.52. The van der Waals surface area contributed by atoms with E-state index in [0.29, 0.717) is 24.6 Å². The predicted octanol–water partition coefficient (Wildman–Crippen LogP) is 1.40. The van der Waals surface area contributed by atoms with Crippen LogP contribution in [0, 0.1) is 6.92 Å². The summed E-state index contributed by atoms with van der Waals surface area (Å²) in [7, 11) is 0. The van der Waals surface area contributed by atoms with Gasteiger partial charge in [-0.05, 0) is 33.3 Å². The van der Waals surface area contributed by atoms with Crippen LogP contribution >= 0.6 is 11.8 Å². The Morgan fingerprint density at radius 1 is 1.45 bits per heavy atom. The molecule has 0 bridgehead atoms. The van der Waals surface area contributed by atoms with Crippen LogP contribution in [0.5, 0.6) is 0 Å². The normalized spacial score (nSPS) is 18.5. The molecule has 1 aliphatic heterocycles. The summed E-state index contributed by atoms with van der Waals surface area (Å²) in [4.78, 5) is 26.4. The summed E-state index contributed by atoms with van der Waals surface area (Å²) in [5.41, 5.74) is 0.789. The Morgan fingerprint density at radius 2 is 2.18 bits per heavy atom. The molecule has 0 spiro atoms. The SMILES string of the molecule is Cc1cnn(CCC(=O)N2CSC[C@H]2C(=O)NC(C)(C)C)c1. The predicted molar refractivity (Wildman–Crippen MR) is 87.4 cm³/mol. The quantitative estimate of drug-likeness (QED) is 0.909. The molecule has 2 heterocycles. The largest absolute Gasteiger partial charge is 0.350 e. The number of rotatable bonds is 4. The van der Waals surface area contributed by atoms with Crippen molar-refractivity contribution in [2.24, 2.45) is 0 Å². The van der Waals surface area contributed by atoms with Gasteiger partial charge < -0.3 is 10.2 Å². The van der Waals surface area contributed by atoms with Crippen molar-refractivity contribution in [3.05, 3.63) is 18.0 Å². The van der Waals surface area contributed by atoms with Gasteiger partial charge in [-0.15, -0.1) is 11.8 Å². The molecule has 0 unspecified atom stereocenters. The average Bonchev–Trinajstić information content (AvgIpc) is 3.02. The highest BCUT2D eigenvalue weighted by molar-refractivity contribution is 7.99. The van der Waals surface area contributed by atoms with E-state index in [2.05, 4.69) is 10.4 Å². The lowest BCUT2D eigenvalue weighted by Gasteiger charge is -2.27. The molecule has 1 atom stereocenters. The molecule has 1 N–H and O–H groups in total. The van der Waals surface area contributed by atoms with E-state index in [1.165, 1.54) is 0 Å². The summed E-state index contributed by atoms with van der Waals surface area (Å²) in [5, 5.41) is 7.14. The van der Waals surface area contributed by atoms with Gasteiger partial charge in [0.15, 0.2) is 0 Å². The van der Waals surface area contributed by atoms with Crippen LogP contribution < -0.4 is 5.32 Å². The Hall–Kier alpha value is -1.50. The molecule has 0 radical (unpaired) electrons. The third kappa shape index (κ3) is 4.50. The van der Waals surface area contributed by atoms with Crippen LogP contribution in [0.4, 0.5) is 0 Å². The topological polar surface area (TPSA) is 67.2 Å². The van der Waals surface area contributed by atoms with E-state index >= 15 is 0 Å². The van der Waals surface area contributed by atoms with Crippen molar-refractivity contribution in [1.29, 1.82) is 0 Å². The van der Waals surface area contributed by atoms with Crippen LogP contribution in [0.2, 0.25) is 0 Å². The number of amides is 2. The van der Waals surface area contributed by atoms with Gasteiger partial charge in [0.1, 0.15) is 6.04 Å². The third-order valence-corrected chi connectivity index (χ3v) is 4.33. The summed E-state index contributed by atoms with van der Waals surface area (Å²) in [6.07, 6.45) is 4.05. The fraction of sp³-hybridized carbons (Fsp3) is 0.667. The Labute approximate surface area is 135 Å². The van der Waals surface area contributed by atoms with Crippen molar-refractivity contribution < 1.29 is 9.59 Å². The van der Waals surface area contributed by atoms with Gasteiger partial charge in [-0.2, -0.15) is 5.10 Å². The first-order chi connectivity index (χ1) is 10.3. The van der Waals surface area contributed by atoms with E-state index in [9.17, 15) is 9.59 Å². The van der Waals surface area contributed by atoms with Crippen molar-refractivity contribution in [2.45, 2.75) is 52.2 Å². The number of hydrogen-bond donors (Lipinski definition) is 1. The maximum absolute atomic E-state index is 12.4. The fourth-order valence-electron chi connectivity index (χ4n) is 2.30. The second-order valence-corrected chi connectivity index (χ2v) is 7.65. The maximum Gasteiger partial charge on any atom is 0.244 e. The molecule has 1 aromatic rings. The second kappa shape index (κ2) is 6.73. The minimum Gasteiger partial charge on any atom is -0.350 e. The van der Waals surface area contributed by atoms with Gasteiger partial charge in [0.05, 0.1) is 12.1 Å². The lowest BCUT2D eigenvalue weighted by atomic mass is 10.1. The Morgan fingerprint density at radius 3 is 2.77 bits per heavy atom. The zero-order chi connectivity index (χ0) is 16.3. The molecule has 0 aliphatic carbocycles. The van der Waals surface area contributed by atoms with Crippen LogP contribution in [-0.2, 0) is 16.1 Å². The van der Waals surface area contributed by atoms with Gasteiger partial charge in [0.2, 0.25) is 11.8 Å². The molecule has 6 nitrogen and oxygen atoms in total. The monoisotopic (exact) mass is 324 g/mol. The average molecular weight is 324 g/mol. The third-order valence-electron chi connectivity index (χ3n) is 3.32. The van der Waals surface area contributed by atoms with E-state index in [1.807, 2.05) is 33.9 Å². The minimum atomic E-state index is -0.365. The highest BCUT2D eigenvalue weighted by Crippen LogP contribution is 2.22. The molecular formula is C15H24N4O2S. The molecule has 0 saturated carbocycles. The number of hydrogen-bond acceptors (Lipinski definition) is 4. The molecule has 22 heavy (non-hydrogen) atoms. The zero-order valence-corrected chi connectivity index (χ0v) is 14.4. The van der Waals surface area contributed by atoms with Crippen molar-refractivity contribution in [3.8, 4) is 0 Å². The van der Waals surface area contributed by atoms with Gasteiger partial charge in [0, 0.05) is 30.5 Å². The summed E-state index contributed by atoms with van der Waals surface area (Å²) in [6, 6.07) is -0.365. The van der Waals surface area contributed by atoms with Crippen LogP contribution in [0.3, 0.4) is 0 Å². The number of nitrogens with zero attached hydrogens (tertiary/aromatic N) is 3. The summed E-state index contributed by atoms with van der Waals surface area (Å²) >= 11 is 1.62. The van der Waals surface area contributed by atoms with Gasteiger partial charge in [0.25, 0.3) is 0 Å². The number of aromatic nitrogens is 2. The lowest BCUT2D eigenvalue weighted by molar-refractivity contribution is -0.138. The van der Waals surface area contributed by atoms with Crippen LogP contribution in [0.25, 0.3) is 0 Å². The van der Waals surface area contributed by atoms with Gasteiger partial charge >= 0.3 is 0 Å². The number of thioether (sulfide) groups is 1. The Balaban J connectivity index is 1.91. The highest BCUT2D eigenvalue weighted by Gasteiger charge is 2.35. The van der Waals surface area contributed by atoms with Crippen LogP contribution in [0.15, 0.2) is 12.4 Å². The molecule has 2 amide bonds. The molecule has 1 aliphatic rings. The second-order valence-electron chi connectivity index (χ2n) is 6.65. The van der Waals surface area contributed by atoms with E-state index < -0.39 is 0 Å². The summed E-state index contributed by atoms with van der Waals surface area (Å²) in [6.45, 7) is 8.34. The van der Waals surface area contributed by atoms with Crippen LogP contribution in [0.1, 0.15) is 32.8 Å². The summed E-state index contributed by atoms with van der Waals surface area (Å²) < 4.78 is 1.76. The molecule has 1 fully saturated rings. The van der Waals surface area contributed by atoms with E-state index in [0.717, 1.165) is 5.56 Å². The smallest absolute Gasteiger partial charge is 0.244 e. The molecular weight excluding hydrogens is 300 g/mol. The Kier molecular flexibility index (Phi) is 5.16. The number of aryl methyl sites for hydroxylation is 2. The molecule has 1 saturated heterocycles. The first kappa shape index (κ1) is 16.9. The first-order valence-electron chi connectivity index (χ1n) is 7.44. The van der Waals surface area contributed by atoms with E-state index in [4.69, 9.17) is 0 Å². The van der Waals surface area contributed by atoms with Gasteiger partial charge in [-0.1, -0.05) is 0 Å². The van der Waals surface area contributed by atoms with Crippen molar-refractivity contribution in [3.63, 3.8) is 0 Å². The first-order valence-corrected chi connectivity index (χ1v) is 8.60.